The monoisotopic (exact) mass is 225 g/mol. The Morgan fingerprint density at radius 3 is 2.50 bits per heavy atom. The van der Waals surface area contributed by atoms with E-state index in [0.29, 0.717) is 13.0 Å². The summed E-state index contributed by atoms with van der Waals surface area (Å²) in [6.07, 6.45) is 0.340. The minimum atomic E-state index is -0.432. The molecule has 1 unspecified atom stereocenters. The quantitative estimate of drug-likeness (QED) is 0.630. The number of ketones is 1. The molecular formula is C12H19NO3. The molecule has 90 valence electrons. The normalized spacial score (nSPS) is 34.8. The predicted molar refractivity (Wildman–Crippen MR) is 58.6 cm³/mol. The van der Waals surface area contributed by atoms with Crippen molar-refractivity contribution in [2.45, 2.75) is 46.4 Å². The molecule has 0 spiro atoms. The summed E-state index contributed by atoms with van der Waals surface area (Å²) in [4.78, 5) is 25.7. The summed E-state index contributed by atoms with van der Waals surface area (Å²) in [5, 5.41) is 0. The van der Waals surface area contributed by atoms with Gasteiger partial charge in [-0.15, -0.1) is 0 Å². The molecule has 2 fully saturated rings. The van der Waals surface area contributed by atoms with E-state index in [1.165, 1.54) is 0 Å². The molecule has 4 heteroatoms. The van der Waals surface area contributed by atoms with Gasteiger partial charge in [0.1, 0.15) is 12.3 Å². The third-order valence-corrected chi connectivity index (χ3v) is 3.37. The second kappa shape index (κ2) is 3.55. The lowest BCUT2D eigenvalue weighted by atomic mass is 9.93. The SMILES string of the molecule is CCC1C(=O)[C@H]2CO[C@H](C(C)(C)C)N2C1=O. The van der Waals surface area contributed by atoms with E-state index in [1.807, 2.05) is 27.7 Å². The van der Waals surface area contributed by atoms with Crippen molar-refractivity contribution in [3.63, 3.8) is 0 Å². The zero-order valence-corrected chi connectivity index (χ0v) is 10.3. The fraction of sp³-hybridized carbons (Fsp3) is 0.833. The minimum Gasteiger partial charge on any atom is -0.355 e. The van der Waals surface area contributed by atoms with Crippen LogP contribution in [0.1, 0.15) is 34.1 Å². The lowest BCUT2D eigenvalue weighted by Gasteiger charge is -2.32. The van der Waals surface area contributed by atoms with Crippen LogP contribution in [0.4, 0.5) is 0 Å². The smallest absolute Gasteiger partial charge is 0.235 e. The first-order valence-corrected chi connectivity index (χ1v) is 5.85. The van der Waals surface area contributed by atoms with Gasteiger partial charge in [0.25, 0.3) is 0 Å². The van der Waals surface area contributed by atoms with E-state index in [0.717, 1.165) is 0 Å². The number of Topliss-reactive ketones (excluding diaryl/α,β-unsaturated/α-hetero) is 1. The van der Waals surface area contributed by atoms with Crippen LogP contribution in [0.25, 0.3) is 0 Å². The zero-order valence-electron chi connectivity index (χ0n) is 10.3. The molecule has 4 nitrogen and oxygen atoms in total. The van der Waals surface area contributed by atoms with Crippen LogP contribution in [-0.4, -0.2) is 35.5 Å². The molecule has 3 atom stereocenters. The number of fused-ring (bicyclic) bond motifs is 1. The highest BCUT2D eigenvalue weighted by Gasteiger charge is 2.55. The van der Waals surface area contributed by atoms with Crippen LogP contribution in [0, 0.1) is 11.3 Å². The first-order chi connectivity index (χ1) is 7.38. The average molecular weight is 225 g/mol. The Morgan fingerprint density at radius 2 is 2.00 bits per heavy atom. The Hall–Kier alpha value is -0.900. The van der Waals surface area contributed by atoms with Gasteiger partial charge in [0.05, 0.1) is 12.5 Å². The van der Waals surface area contributed by atoms with E-state index in [-0.39, 0.29) is 29.4 Å². The maximum atomic E-state index is 12.1. The van der Waals surface area contributed by atoms with Gasteiger partial charge in [-0.1, -0.05) is 27.7 Å². The highest BCUT2D eigenvalue weighted by Crippen LogP contribution is 2.38. The van der Waals surface area contributed by atoms with Gasteiger partial charge in [-0.3, -0.25) is 9.59 Å². The van der Waals surface area contributed by atoms with E-state index in [4.69, 9.17) is 4.74 Å². The zero-order chi connectivity index (χ0) is 12.1. The summed E-state index contributed by atoms with van der Waals surface area (Å²) in [6, 6.07) is -0.332. The van der Waals surface area contributed by atoms with Gasteiger partial charge in [0.15, 0.2) is 5.78 Å². The molecule has 0 aromatic rings. The van der Waals surface area contributed by atoms with Crippen LogP contribution >= 0.6 is 0 Å². The molecule has 2 rings (SSSR count). The number of carbonyl (C=O) groups excluding carboxylic acids is 2. The first-order valence-electron chi connectivity index (χ1n) is 5.85. The summed E-state index contributed by atoms with van der Waals surface area (Å²) in [7, 11) is 0. The molecule has 2 heterocycles. The fourth-order valence-corrected chi connectivity index (χ4v) is 2.57. The maximum Gasteiger partial charge on any atom is 0.235 e. The van der Waals surface area contributed by atoms with Crippen LogP contribution in [0.15, 0.2) is 0 Å². The molecule has 16 heavy (non-hydrogen) atoms. The molecule has 1 amide bonds. The number of hydrogen-bond acceptors (Lipinski definition) is 3. The molecule has 0 radical (unpaired) electrons. The van der Waals surface area contributed by atoms with Gasteiger partial charge >= 0.3 is 0 Å². The van der Waals surface area contributed by atoms with Crippen molar-refractivity contribution < 1.29 is 14.3 Å². The van der Waals surface area contributed by atoms with E-state index in [2.05, 4.69) is 0 Å². The Morgan fingerprint density at radius 1 is 1.38 bits per heavy atom. The number of amides is 1. The number of ether oxygens (including phenoxy) is 1. The van der Waals surface area contributed by atoms with Crippen molar-refractivity contribution in [2.75, 3.05) is 6.61 Å². The van der Waals surface area contributed by atoms with E-state index in [9.17, 15) is 9.59 Å². The number of rotatable bonds is 1. The minimum absolute atomic E-state index is 0.0410. The Bertz CT molecular complexity index is 332. The molecule has 0 aromatic carbocycles. The Labute approximate surface area is 95.9 Å². The summed E-state index contributed by atoms with van der Waals surface area (Å²) < 4.78 is 5.60. The number of nitrogens with zero attached hydrogens (tertiary/aromatic N) is 1. The van der Waals surface area contributed by atoms with Crippen molar-refractivity contribution in [1.29, 1.82) is 0 Å². The van der Waals surface area contributed by atoms with Gasteiger partial charge in [-0.25, -0.2) is 0 Å². The average Bonchev–Trinajstić information content (AvgIpc) is 2.68. The van der Waals surface area contributed by atoms with Crippen molar-refractivity contribution in [3.05, 3.63) is 0 Å². The van der Waals surface area contributed by atoms with E-state index < -0.39 is 5.92 Å². The van der Waals surface area contributed by atoms with Crippen molar-refractivity contribution in [3.8, 4) is 0 Å². The van der Waals surface area contributed by atoms with Crippen molar-refractivity contribution in [2.24, 2.45) is 11.3 Å². The van der Waals surface area contributed by atoms with Crippen LogP contribution in [0.5, 0.6) is 0 Å². The first kappa shape index (κ1) is 11.6. The third-order valence-electron chi connectivity index (χ3n) is 3.37. The van der Waals surface area contributed by atoms with E-state index >= 15 is 0 Å². The summed E-state index contributed by atoms with van der Waals surface area (Å²) in [5.41, 5.74) is -0.146. The summed E-state index contributed by atoms with van der Waals surface area (Å²) in [5.74, 6) is -0.437. The van der Waals surface area contributed by atoms with Gasteiger partial charge < -0.3 is 9.64 Å². The second-order valence-corrected chi connectivity index (χ2v) is 5.68. The second-order valence-electron chi connectivity index (χ2n) is 5.68. The molecular weight excluding hydrogens is 206 g/mol. The fourth-order valence-electron chi connectivity index (χ4n) is 2.57. The number of carbonyl (C=O) groups is 2. The molecule has 0 aromatic heterocycles. The van der Waals surface area contributed by atoms with Gasteiger partial charge in [0, 0.05) is 5.41 Å². The molecule has 0 saturated carbocycles. The summed E-state index contributed by atoms with van der Waals surface area (Å²) >= 11 is 0. The standard InChI is InChI=1S/C12H19NO3/c1-5-7-9(14)8-6-16-11(12(2,3)4)13(8)10(7)15/h7-8,11H,5-6H2,1-4H3/t7?,8-,11-/m1/s1. The number of hydrogen-bond donors (Lipinski definition) is 0. The lowest BCUT2D eigenvalue weighted by molar-refractivity contribution is -0.143. The van der Waals surface area contributed by atoms with Crippen LogP contribution < -0.4 is 0 Å². The molecule has 0 N–H and O–H groups in total. The maximum absolute atomic E-state index is 12.1. The predicted octanol–water partition coefficient (Wildman–Crippen LogP) is 1.19. The van der Waals surface area contributed by atoms with Gasteiger partial charge in [-0.05, 0) is 6.42 Å². The van der Waals surface area contributed by atoms with Crippen LogP contribution in [0.2, 0.25) is 0 Å². The van der Waals surface area contributed by atoms with E-state index in [1.54, 1.807) is 4.90 Å². The Balaban J connectivity index is 2.29. The largest absolute Gasteiger partial charge is 0.355 e. The van der Waals surface area contributed by atoms with Gasteiger partial charge in [0.2, 0.25) is 5.91 Å². The highest BCUT2D eigenvalue weighted by atomic mass is 16.5. The molecule has 2 aliphatic rings. The topological polar surface area (TPSA) is 46.6 Å². The van der Waals surface area contributed by atoms with Crippen molar-refractivity contribution >= 4 is 11.7 Å². The van der Waals surface area contributed by atoms with Crippen molar-refractivity contribution in [1.82, 2.24) is 4.90 Å². The molecule has 2 aliphatic heterocycles. The van der Waals surface area contributed by atoms with Gasteiger partial charge in [-0.2, -0.15) is 0 Å². The Kier molecular flexibility index (Phi) is 2.57. The summed E-state index contributed by atoms with van der Waals surface area (Å²) in [6.45, 7) is 8.32. The molecule has 2 saturated heterocycles. The highest BCUT2D eigenvalue weighted by molar-refractivity contribution is 6.10. The lowest BCUT2D eigenvalue weighted by Crippen LogP contribution is -2.44. The molecule has 0 aliphatic carbocycles. The third kappa shape index (κ3) is 1.47. The van der Waals surface area contributed by atoms with Crippen LogP contribution in [-0.2, 0) is 14.3 Å². The van der Waals surface area contributed by atoms with Crippen LogP contribution in [0.3, 0.4) is 0 Å². The molecule has 0 bridgehead atoms.